The van der Waals surface area contributed by atoms with Gasteiger partial charge in [-0.2, -0.15) is 0 Å². The Kier molecular flexibility index (Phi) is 4.79. The number of ether oxygens (including phenoxy) is 1. The second-order valence-corrected chi connectivity index (χ2v) is 7.70. The molecule has 0 unspecified atom stereocenters. The third-order valence-corrected chi connectivity index (χ3v) is 5.79. The molecule has 0 aliphatic rings. The Morgan fingerprint density at radius 2 is 1.69 bits per heavy atom. The van der Waals surface area contributed by atoms with E-state index in [4.69, 9.17) is 16.3 Å². The molecule has 1 aromatic heterocycles. The molecule has 5 rings (SSSR count). The maximum atomic E-state index is 15.1. The van der Waals surface area contributed by atoms with Gasteiger partial charge in [0.2, 0.25) is 0 Å². The number of methoxy groups -OCH3 is 1. The normalized spacial score (nSPS) is 11.2. The van der Waals surface area contributed by atoms with Crippen LogP contribution in [0.2, 0.25) is 5.02 Å². The predicted octanol–water partition coefficient (Wildman–Crippen LogP) is 5.30. The van der Waals surface area contributed by atoms with Gasteiger partial charge in [-0.05, 0) is 41.8 Å². The van der Waals surface area contributed by atoms with E-state index in [1.165, 1.54) is 13.2 Å². The van der Waals surface area contributed by atoms with Crippen molar-refractivity contribution in [3.63, 3.8) is 0 Å². The number of rotatable bonds is 3. The van der Waals surface area contributed by atoms with E-state index < -0.39 is 17.1 Å². The fourth-order valence-electron chi connectivity index (χ4n) is 3.90. The summed E-state index contributed by atoms with van der Waals surface area (Å²) in [5.41, 5.74) is -0.0392. The monoisotopic (exact) mass is 446 g/mol. The Balaban J connectivity index is 1.78. The molecule has 0 saturated carbocycles. The quantitative estimate of drug-likeness (QED) is 0.409. The summed E-state index contributed by atoms with van der Waals surface area (Å²) in [5.74, 6) is -0.134. The fraction of sp³-hybridized carbons (Fsp3) is 0.0400. The summed E-state index contributed by atoms with van der Waals surface area (Å²) in [7, 11) is 1.50. The molecule has 5 nitrogen and oxygen atoms in total. The lowest BCUT2D eigenvalue weighted by Crippen LogP contribution is -2.33. The largest absolute Gasteiger partial charge is 0.497 e. The molecule has 0 atom stereocenters. The summed E-state index contributed by atoms with van der Waals surface area (Å²) in [6.07, 6.45) is 0. The van der Waals surface area contributed by atoms with Gasteiger partial charge in [0.25, 0.3) is 5.56 Å². The van der Waals surface area contributed by atoms with Gasteiger partial charge in [0.15, 0.2) is 0 Å². The number of aromatic nitrogens is 2. The predicted molar refractivity (Wildman–Crippen MR) is 125 cm³/mol. The summed E-state index contributed by atoms with van der Waals surface area (Å²) in [4.78, 5) is 29.0. The van der Waals surface area contributed by atoms with Crippen LogP contribution in [0.15, 0.2) is 82.4 Å². The third-order valence-electron chi connectivity index (χ3n) is 5.46. The minimum atomic E-state index is -0.638. The summed E-state index contributed by atoms with van der Waals surface area (Å²) in [6.45, 7) is 0. The number of H-pyrrole nitrogens is 1. The van der Waals surface area contributed by atoms with Crippen LogP contribution in [0.1, 0.15) is 0 Å². The van der Waals surface area contributed by atoms with Gasteiger partial charge in [0.05, 0.1) is 23.7 Å². The van der Waals surface area contributed by atoms with Crippen molar-refractivity contribution in [2.75, 3.05) is 7.11 Å². The van der Waals surface area contributed by atoms with Crippen LogP contribution in [0.3, 0.4) is 0 Å². The van der Waals surface area contributed by atoms with E-state index in [0.29, 0.717) is 22.0 Å². The van der Waals surface area contributed by atoms with Crippen LogP contribution < -0.4 is 16.0 Å². The molecule has 4 aromatic carbocycles. The highest BCUT2D eigenvalue weighted by molar-refractivity contribution is 6.33. The van der Waals surface area contributed by atoms with Crippen molar-refractivity contribution in [3.8, 4) is 22.6 Å². The van der Waals surface area contributed by atoms with Gasteiger partial charge in [-0.25, -0.2) is 13.8 Å². The van der Waals surface area contributed by atoms with E-state index in [1.807, 2.05) is 30.3 Å². The van der Waals surface area contributed by atoms with Gasteiger partial charge in [-0.15, -0.1) is 0 Å². The second kappa shape index (κ2) is 7.66. The summed E-state index contributed by atoms with van der Waals surface area (Å²) in [5, 5.41) is 1.99. The Labute approximate surface area is 186 Å². The average Bonchev–Trinajstić information content (AvgIpc) is 2.80. The van der Waals surface area contributed by atoms with Gasteiger partial charge in [0.1, 0.15) is 11.6 Å². The van der Waals surface area contributed by atoms with Crippen molar-refractivity contribution >= 4 is 33.3 Å². The number of halogens is 2. The molecule has 0 bridgehead atoms. The smallest absolute Gasteiger partial charge is 0.333 e. The van der Waals surface area contributed by atoms with E-state index in [2.05, 4.69) is 4.98 Å². The maximum Gasteiger partial charge on any atom is 0.333 e. The Morgan fingerprint density at radius 3 is 2.50 bits per heavy atom. The molecule has 0 spiro atoms. The number of hydrogen-bond acceptors (Lipinski definition) is 3. The molecule has 7 heteroatoms. The van der Waals surface area contributed by atoms with E-state index in [1.54, 1.807) is 30.3 Å². The zero-order chi connectivity index (χ0) is 22.4. The van der Waals surface area contributed by atoms with Gasteiger partial charge >= 0.3 is 5.69 Å². The van der Waals surface area contributed by atoms with Crippen LogP contribution in [-0.4, -0.2) is 16.7 Å². The number of aromatic amines is 1. The van der Waals surface area contributed by atoms with Crippen molar-refractivity contribution < 1.29 is 9.13 Å². The van der Waals surface area contributed by atoms with E-state index in [0.717, 1.165) is 21.4 Å². The van der Waals surface area contributed by atoms with Crippen LogP contribution in [0.5, 0.6) is 5.75 Å². The van der Waals surface area contributed by atoms with Crippen LogP contribution in [0, 0.1) is 5.82 Å². The average molecular weight is 447 g/mol. The molecular formula is C25H16ClFN2O3. The Bertz CT molecular complexity index is 1630. The Hall–Kier alpha value is -3.90. The lowest BCUT2D eigenvalue weighted by molar-refractivity contribution is 0.415. The lowest BCUT2D eigenvalue weighted by atomic mass is 10.0. The molecule has 0 fully saturated rings. The minimum Gasteiger partial charge on any atom is -0.497 e. The minimum absolute atomic E-state index is 0.0535. The topological polar surface area (TPSA) is 64.1 Å². The molecular weight excluding hydrogens is 431 g/mol. The molecule has 1 N–H and O–H groups in total. The number of nitrogens with zero attached hydrogens (tertiary/aromatic N) is 1. The summed E-state index contributed by atoms with van der Waals surface area (Å²) >= 11 is 6.27. The van der Waals surface area contributed by atoms with Crippen LogP contribution in [-0.2, 0) is 0 Å². The molecule has 0 amide bonds. The molecule has 158 valence electrons. The molecule has 32 heavy (non-hydrogen) atoms. The molecule has 0 aliphatic carbocycles. The Morgan fingerprint density at radius 1 is 0.906 bits per heavy atom. The first-order valence-electron chi connectivity index (χ1n) is 9.78. The second-order valence-electron chi connectivity index (χ2n) is 7.29. The highest BCUT2D eigenvalue weighted by atomic mass is 35.5. The van der Waals surface area contributed by atoms with Crippen molar-refractivity contribution in [1.82, 2.24) is 9.55 Å². The van der Waals surface area contributed by atoms with Crippen LogP contribution >= 0.6 is 11.6 Å². The van der Waals surface area contributed by atoms with Gasteiger partial charge in [-0.3, -0.25) is 4.79 Å². The van der Waals surface area contributed by atoms with Gasteiger partial charge in [0, 0.05) is 21.5 Å². The first kappa shape index (κ1) is 20.0. The maximum absolute atomic E-state index is 15.1. The number of benzene rings is 4. The molecule has 5 aromatic rings. The molecule has 0 aliphatic heterocycles. The highest BCUT2D eigenvalue weighted by Crippen LogP contribution is 2.34. The lowest BCUT2D eigenvalue weighted by Gasteiger charge is -2.12. The van der Waals surface area contributed by atoms with E-state index in [9.17, 15) is 9.59 Å². The van der Waals surface area contributed by atoms with Crippen molar-refractivity contribution in [2.24, 2.45) is 0 Å². The SMILES string of the molecule is COc1ccc(Cl)c(-c2cc3[nH]c(=O)n(-c4cccc5ccccc45)c(=O)c3cc2F)c1. The van der Waals surface area contributed by atoms with Gasteiger partial charge in [-0.1, -0.05) is 48.0 Å². The first-order chi connectivity index (χ1) is 15.5. The zero-order valence-corrected chi connectivity index (χ0v) is 17.6. The van der Waals surface area contributed by atoms with Crippen LogP contribution in [0.4, 0.5) is 4.39 Å². The summed E-state index contributed by atoms with van der Waals surface area (Å²) < 4.78 is 21.4. The first-order valence-corrected chi connectivity index (χ1v) is 10.2. The van der Waals surface area contributed by atoms with Gasteiger partial charge < -0.3 is 9.72 Å². The number of nitrogens with one attached hydrogen (secondary N) is 1. The number of hydrogen-bond donors (Lipinski definition) is 1. The summed E-state index contributed by atoms with van der Waals surface area (Å²) in [6, 6.07) is 20.2. The van der Waals surface area contributed by atoms with E-state index in [-0.39, 0.29) is 16.5 Å². The molecule has 0 radical (unpaired) electrons. The van der Waals surface area contributed by atoms with E-state index >= 15 is 4.39 Å². The zero-order valence-electron chi connectivity index (χ0n) is 16.9. The standard InChI is InChI=1S/C25H16ClFN2O3/c1-32-15-9-10-20(26)17(11-15)18-13-22-19(12-21(18)27)24(30)29(25(31)28-22)23-8-4-6-14-5-2-3-7-16(14)23/h2-13H,1H3,(H,28,31). The third kappa shape index (κ3) is 3.16. The number of fused-ring (bicyclic) bond motifs is 2. The van der Waals surface area contributed by atoms with Crippen molar-refractivity contribution in [3.05, 3.63) is 104 Å². The highest BCUT2D eigenvalue weighted by Gasteiger charge is 2.17. The molecule has 0 saturated heterocycles. The fourth-order valence-corrected chi connectivity index (χ4v) is 4.12. The van der Waals surface area contributed by atoms with Crippen LogP contribution in [0.25, 0.3) is 38.5 Å². The van der Waals surface area contributed by atoms with Crippen molar-refractivity contribution in [2.45, 2.75) is 0 Å². The van der Waals surface area contributed by atoms with Crippen molar-refractivity contribution in [1.29, 1.82) is 0 Å². The molecule has 1 heterocycles.